The summed E-state index contributed by atoms with van der Waals surface area (Å²) in [5, 5.41) is 0. The molecule has 2 heterocycles. The summed E-state index contributed by atoms with van der Waals surface area (Å²) in [5.74, 6) is 0.143. The van der Waals surface area contributed by atoms with E-state index in [9.17, 15) is 4.79 Å². The van der Waals surface area contributed by atoms with Crippen molar-refractivity contribution in [2.75, 3.05) is 13.1 Å². The molecular formula is C20H24N2O. The van der Waals surface area contributed by atoms with Gasteiger partial charge in [-0.1, -0.05) is 24.3 Å². The number of carbonyl (C=O) groups is 1. The van der Waals surface area contributed by atoms with Crippen LogP contribution in [0.25, 0.3) is 5.69 Å². The van der Waals surface area contributed by atoms with Gasteiger partial charge >= 0.3 is 0 Å². The van der Waals surface area contributed by atoms with E-state index >= 15 is 0 Å². The van der Waals surface area contributed by atoms with Gasteiger partial charge in [0.05, 0.1) is 5.56 Å². The van der Waals surface area contributed by atoms with Crippen molar-refractivity contribution in [3.63, 3.8) is 0 Å². The summed E-state index contributed by atoms with van der Waals surface area (Å²) in [4.78, 5) is 14.8. The van der Waals surface area contributed by atoms with E-state index in [1.54, 1.807) is 0 Å². The van der Waals surface area contributed by atoms with Crippen LogP contribution < -0.4 is 0 Å². The highest BCUT2D eigenvalue weighted by Gasteiger charge is 2.23. The fraction of sp³-hybridized carbons (Fsp3) is 0.350. The van der Waals surface area contributed by atoms with Crippen molar-refractivity contribution >= 4 is 5.91 Å². The van der Waals surface area contributed by atoms with Crippen LogP contribution in [0.15, 0.2) is 42.5 Å². The highest BCUT2D eigenvalue weighted by Crippen LogP contribution is 2.24. The largest absolute Gasteiger partial charge is 0.338 e. The summed E-state index contributed by atoms with van der Waals surface area (Å²) >= 11 is 0. The molecule has 0 aliphatic carbocycles. The molecule has 1 aromatic carbocycles. The van der Waals surface area contributed by atoms with Crippen LogP contribution in [0.1, 0.15) is 40.2 Å². The Morgan fingerprint density at radius 2 is 1.78 bits per heavy atom. The van der Waals surface area contributed by atoms with E-state index in [1.807, 2.05) is 17.9 Å². The first kappa shape index (κ1) is 15.6. The van der Waals surface area contributed by atoms with Crippen molar-refractivity contribution < 1.29 is 4.79 Å². The number of likely N-dealkylation sites (tertiary alicyclic amines) is 1. The minimum absolute atomic E-state index is 0.143. The molecule has 0 bridgehead atoms. The van der Waals surface area contributed by atoms with Gasteiger partial charge in [0, 0.05) is 30.2 Å². The minimum atomic E-state index is 0.143. The van der Waals surface area contributed by atoms with Gasteiger partial charge < -0.3 is 9.47 Å². The summed E-state index contributed by atoms with van der Waals surface area (Å²) in [6.45, 7) is 11.8. The van der Waals surface area contributed by atoms with Crippen molar-refractivity contribution in [3.8, 4) is 5.69 Å². The molecule has 1 aromatic heterocycles. The van der Waals surface area contributed by atoms with Crippen LogP contribution in [0.2, 0.25) is 0 Å². The number of amides is 1. The second-order valence-electron chi connectivity index (χ2n) is 6.50. The lowest BCUT2D eigenvalue weighted by atomic mass is 10.0. The smallest absolute Gasteiger partial charge is 0.255 e. The Morgan fingerprint density at radius 3 is 2.43 bits per heavy atom. The zero-order chi connectivity index (χ0) is 16.6. The van der Waals surface area contributed by atoms with Gasteiger partial charge in [-0.15, -0.1) is 0 Å². The highest BCUT2D eigenvalue weighted by atomic mass is 16.2. The topological polar surface area (TPSA) is 25.2 Å². The SMILES string of the molecule is C=C1CCN(C(=O)c2cc(C)n(-c3cccc(C)c3)c2C)CC1. The van der Waals surface area contributed by atoms with Gasteiger partial charge in [-0.25, -0.2) is 0 Å². The zero-order valence-electron chi connectivity index (χ0n) is 14.2. The summed E-state index contributed by atoms with van der Waals surface area (Å²) < 4.78 is 2.17. The van der Waals surface area contributed by atoms with E-state index in [1.165, 1.54) is 11.1 Å². The second kappa shape index (κ2) is 6.07. The maximum absolute atomic E-state index is 12.9. The Bertz CT molecular complexity index is 760. The molecule has 0 radical (unpaired) electrons. The first-order valence-corrected chi connectivity index (χ1v) is 8.19. The van der Waals surface area contributed by atoms with E-state index in [0.29, 0.717) is 0 Å². The van der Waals surface area contributed by atoms with Gasteiger partial charge in [-0.05, 0) is 57.4 Å². The van der Waals surface area contributed by atoms with Crippen LogP contribution in [0, 0.1) is 20.8 Å². The van der Waals surface area contributed by atoms with Crippen molar-refractivity contribution in [2.45, 2.75) is 33.6 Å². The fourth-order valence-electron chi connectivity index (χ4n) is 3.34. The number of aromatic nitrogens is 1. The van der Waals surface area contributed by atoms with Gasteiger partial charge in [-0.2, -0.15) is 0 Å². The predicted molar refractivity (Wildman–Crippen MR) is 94.3 cm³/mol. The lowest BCUT2D eigenvalue weighted by Crippen LogP contribution is -2.36. The number of carbonyl (C=O) groups excluding carboxylic acids is 1. The fourth-order valence-corrected chi connectivity index (χ4v) is 3.34. The van der Waals surface area contributed by atoms with Gasteiger partial charge in [-0.3, -0.25) is 4.79 Å². The molecule has 3 heteroatoms. The first-order valence-electron chi connectivity index (χ1n) is 8.19. The quantitative estimate of drug-likeness (QED) is 0.764. The third-order valence-corrected chi connectivity index (χ3v) is 4.68. The molecule has 2 aromatic rings. The van der Waals surface area contributed by atoms with Crippen LogP contribution in [-0.4, -0.2) is 28.5 Å². The molecule has 0 unspecified atom stereocenters. The maximum atomic E-state index is 12.9. The van der Waals surface area contributed by atoms with Gasteiger partial charge in [0.25, 0.3) is 5.91 Å². The highest BCUT2D eigenvalue weighted by molar-refractivity contribution is 5.96. The summed E-state index contributed by atoms with van der Waals surface area (Å²) in [7, 11) is 0. The molecule has 0 saturated carbocycles. The molecule has 3 rings (SSSR count). The molecule has 3 nitrogen and oxygen atoms in total. The van der Waals surface area contributed by atoms with Crippen molar-refractivity contribution in [2.24, 2.45) is 0 Å². The molecule has 1 saturated heterocycles. The standard InChI is InChI=1S/C20H24N2O/c1-14-8-10-21(11-9-14)20(23)19-13-16(3)22(17(19)4)18-7-5-6-15(2)12-18/h5-7,12-13H,1,8-11H2,2-4H3. The molecule has 0 atom stereocenters. The number of nitrogens with zero attached hydrogens (tertiary/aromatic N) is 2. The summed E-state index contributed by atoms with van der Waals surface area (Å²) in [6, 6.07) is 10.4. The number of rotatable bonds is 2. The van der Waals surface area contributed by atoms with Crippen LogP contribution in [-0.2, 0) is 0 Å². The van der Waals surface area contributed by atoms with E-state index < -0.39 is 0 Å². The Morgan fingerprint density at radius 1 is 1.09 bits per heavy atom. The van der Waals surface area contributed by atoms with E-state index in [0.717, 1.165) is 48.6 Å². The van der Waals surface area contributed by atoms with E-state index in [2.05, 4.69) is 49.3 Å². The average molecular weight is 308 g/mol. The van der Waals surface area contributed by atoms with Crippen molar-refractivity contribution in [1.29, 1.82) is 0 Å². The number of hydrogen-bond acceptors (Lipinski definition) is 1. The summed E-state index contributed by atoms with van der Waals surface area (Å²) in [6.07, 6.45) is 1.84. The molecule has 23 heavy (non-hydrogen) atoms. The molecule has 1 amide bonds. The van der Waals surface area contributed by atoms with Crippen molar-refractivity contribution in [3.05, 3.63) is 65.0 Å². The average Bonchev–Trinajstić information content (AvgIpc) is 2.82. The lowest BCUT2D eigenvalue weighted by Gasteiger charge is -2.28. The van der Waals surface area contributed by atoms with Crippen molar-refractivity contribution in [1.82, 2.24) is 9.47 Å². The third kappa shape index (κ3) is 2.96. The van der Waals surface area contributed by atoms with Crippen LogP contribution >= 0.6 is 0 Å². The van der Waals surface area contributed by atoms with Crippen LogP contribution in [0.4, 0.5) is 0 Å². The minimum Gasteiger partial charge on any atom is -0.338 e. The van der Waals surface area contributed by atoms with Crippen LogP contribution in [0.5, 0.6) is 0 Å². The number of aryl methyl sites for hydroxylation is 2. The normalized spacial score (nSPS) is 15.1. The first-order chi connectivity index (χ1) is 11.0. The Labute approximate surface area is 138 Å². The van der Waals surface area contributed by atoms with Gasteiger partial charge in [0.15, 0.2) is 0 Å². The molecular weight excluding hydrogens is 284 g/mol. The zero-order valence-corrected chi connectivity index (χ0v) is 14.2. The maximum Gasteiger partial charge on any atom is 0.255 e. The van der Waals surface area contributed by atoms with E-state index in [-0.39, 0.29) is 5.91 Å². The molecule has 0 spiro atoms. The molecule has 0 N–H and O–H groups in total. The Kier molecular flexibility index (Phi) is 4.12. The number of hydrogen-bond donors (Lipinski definition) is 0. The van der Waals surface area contributed by atoms with Crippen LogP contribution in [0.3, 0.4) is 0 Å². The second-order valence-corrected chi connectivity index (χ2v) is 6.50. The van der Waals surface area contributed by atoms with Gasteiger partial charge in [0.2, 0.25) is 0 Å². The number of benzene rings is 1. The lowest BCUT2D eigenvalue weighted by molar-refractivity contribution is 0.0743. The third-order valence-electron chi connectivity index (χ3n) is 4.68. The predicted octanol–water partition coefficient (Wildman–Crippen LogP) is 4.19. The molecule has 1 aliphatic rings. The molecule has 1 fully saturated rings. The Hall–Kier alpha value is -2.29. The van der Waals surface area contributed by atoms with E-state index in [4.69, 9.17) is 0 Å². The Balaban J connectivity index is 1.94. The molecule has 1 aliphatic heterocycles. The monoisotopic (exact) mass is 308 g/mol. The molecule has 120 valence electrons. The number of piperidine rings is 1. The van der Waals surface area contributed by atoms with Gasteiger partial charge in [0.1, 0.15) is 0 Å². The summed E-state index contributed by atoms with van der Waals surface area (Å²) in [5.41, 5.74) is 6.51.